The molecule has 1 heterocycles. The lowest BCUT2D eigenvalue weighted by Crippen LogP contribution is -2.28. The minimum atomic E-state index is -1.17. The van der Waals surface area contributed by atoms with E-state index in [0.29, 0.717) is 27.2 Å². The first-order chi connectivity index (χ1) is 12.4. The first-order valence-electron chi connectivity index (χ1n) is 7.84. The van der Waals surface area contributed by atoms with E-state index in [2.05, 4.69) is 5.32 Å². The van der Waals surface area contributed by atoms with Crippen molar-refractivity contribution in [2.75, 3.05) is 7.11 Å². The van der Waals surface area contributed by atoms with Crippen LogP contribution in [0.25, 0.3) is 21.9 Å². The van der Waals surface area contributed by atoms with Gasteiger partial charge >= 0.3 is 6.09 Å². The van der Waals surface area contributed by atoms with E-state index in [-0.39, 0.29) is 12.1 Å². The number of fused-ring (bicyclic) bond motifs is 1. The van der Waals surface area contributed by atoms with Crippen LogP contribution in [0.2, 0.25) is 5.02 Å². The standard InChI is InChI=1S/C19H17ClN2O4/c1-22-16(10-21-19(24)25)17(11-4-3-5-13(8-11)26-2)15-9-12(20)6-7-14(15)18(22)23/h3-9,21H,10H2,1-2H3,(H,24,25). The topological polar surface area (TPSA) is 80.6 Å². The molecule has 2 aromatic carbocycles. The van der Waals surface area contributed by atoms with Crippen molar-refractivity contribution in [3.05, 3.63) is 63.5 Å². The lowest BCUT2D eigenvalue weighted by molar-refractivity contribution is 0.193. The summed E-state index contributed by atoms with van der Waals surface area (Å²) in [6, 6.07) is 12.4. The van der Waals surface area contributed by atoms with Crippen molar-refractivity contribution < 1.29 is 14.6 Å². The summed E-state index contributed by atoms with van der Waals surface area (Å²) in [5.41, 5.74) is 1.86. The number of pyridine rings is 1. The highest BCUT2D eigenvalue weighted by molar-refractivity contribution is 6.31. The lowest BCUT2D eigenvalue weighted by Gasteiger charge is -2.18. The van der Waals surface area contributed by atoms with Gasteiger partial charge in [-0.1, -0.05) is 23.7 Å². The molecule has 2 N–H and O–H groups in total. The molecule has 0 spiro atoms. The van der Waals surface area contributed by atoms with Crippen LogP contribution in [0.5, 0.6) is 5.75 Å². The maximum absolute atomic E-state index is 12.7. The van der Waals surface area contributed by atoms with Gasteiger partial charge in [-0.25, -0.2) is 4.79 Å². The van der Waals surface area contributed by atoms with Crippen molar-refractivity contribution in [3.8, 4) is 16.9 Å². The summed E-state index contributed by atoms with van der Waals surface area (Å²) in [6.07, 6.45) is -1.17. The maximum Gasteiger partial charge on any atom is 0.404 e. The van der Waals surface area contributed by atoms with Gasteiger partial charge < -0.3 is 19.7 Å². The Bertz CT molecular complexity index is 1060. The number of hydrogen-bond donors (Lipinski definition) is 2. The van der Waals surface area contributed by atoms with E-state index in [0.717, 1.165) is 11.1 Å². The Balaban J connectivity index is 2.40. The van der Waals surface area contributed by atoms with Crippen LogP contribution in [0.4, 0.5) is 4.79 Å². The van der Waals surface area contributed by atoms with Crippen molar-refractivity contribution in [1.29, 1.82) is 0 Å². The van der Waals surface area contributed by atoms with Gasteiger partial charge in [-0.15, -0.1) is 0 Å². The number of nitrogens with one attached hydrogen (secondary N) is 1. The Morgan fingerprint density at radius 3 is 2.69 bits per heavy atom. The SMILES string of the molecule is COc1cccc(-c2c(CNC(=O)O)n(C)c(=O)c3ccc(Cl)cc23)c1. The summed E-state index contributed by atoms with van der Waals surface area (Å²) in [5, 5.41) is 13.0. The molecule has 7 heteroatoms. The minimum absolute atomic E-state index is 0.0178. The Kier molecular flexibility index (Phi) is 4.86. The highest BCUT2D eigenvalue weighted by Crippen LogP contribution is 2.33. The summed E-state index contributed by atoms with van der Waals surface area (Å²) in [6.45, 7) is -0.0178. The van der Waals surface area contributed by atoms with Crippen LogP contribution in [0.3, 0.4) is 0 Å². The van der Waals surface area contributed by atoms with Crippen molar-refractivity contribution in [3.63, 3.8) is 0 Å². The second kappa shape index (κ2) is 7.09. The van der Waals surface area contributed by atoms with Gasteiger partial charge in [0.1, 0.15) is 5.75 Å². The predicted molar refractivity (Wildman–Crippen MR) is 101 cm³/mol. The van der Waals surface area contributed by atoms with Crippen molar-refractivity contribution in [1.82, 2.24) is 9.88 Å². The zero-order chi connectivity index (χ0) is 18.8. The highest BCUT2D eigenvalue weighted by Gasteiger charge is 2.17. The number of aromatic nitrogens is 1. The molecule has 0 aliphatic heterocycles. The van der Waals surface area contributed by atoms with Gasteiger partial charge in [0.2, 0.25) is 0 Å². The average molecular weight is 373 g/mol. The molecule has 1 aromatic heterocycles. The molecule has 0 saturated carbocycles. The van der Waals surface area contributed by atoms with Crippen molar-refractivity contribution in [2.45, 2.75) is 6.54 Å². The second-order valence-corrected chi connectivity index (χ2v) is 6.20. The summed E-state index contributed by atoms with van der Waals surface area (Å²) in [5.74, 6) is 0.656. The largest absolute Gasteiger partial charge is 0.497 e. The van der Waals surface area contributed by atoms with Crippen molar-refractivity contribution in [2.24, 2.45) is 7.05 Å². The van der Waals surface area contributed by atoms with E-state index < -0.39 is 6.09 Å². The van der Waals surface area contributed by atoms with Gasteiger partial charge in [0.25, 0.3) is 5.56 Å². The van der Waals surface area contributed by atoms with E-state index in [9.17, 15) is 9.59 Å². The molecule has 134 valence electrons. The van der Waals surface area contributed by atoms with Gasteiger partial charge in [0, 0.05) is 28.7 Å². The first-order valence-corrected chi connectivity index (χ1v) is 8.22. The second-order valence-electron chi connectivity index (χ2n) is 5.77. The predicted octanol–water partition coefficient (Wildman–Crippen LogP) is 3.64. The molecule has 0 aliphatic rings. The fraction of sp³-hybridized carbons (Fsp3) is 0.158. The third-order valence-corrected chi connectivity index (χ3v) is 4.48. The lowest BCUT2D eigenvalue weighted by atomic mass is 9.96. The molecule has 0 atom stereocenters. The minimum Gasteiger partial charge on any atom is -0.497 e. The smallest absolute Gasteiger partial charge is 0.404 e. The number of rotatable bonds is 4. The molecular formula is C19H17ClN2O4. The summed E-state index contributed by atoms with van der Waals surface area (Å²) in [7, 11) is 3.20. The third-order valence-electron chi connectivity index (χ3n) is 4.24. The molecule has 0 fully saturated rings. The molecule has 0 radical (unpaired) electrons. The third kappa shape index (κ3) is 3.23. The molecule has 3 aromatic rings. The number of halogens is 1. The Morgan fingerprint density at radius 1 is 1.23 bits per heavy atom. The van der Waals surface area contributed by atoms with E-state index in [4.69, 9.17) is 21.4 Å². The van der Waals surface area contributed by atoms with Crippen LogP contribution in [0, 0.1) is 0 Å². The number of carboxylic acid groups (broad SMARTS) is 1. The van der Waals surface area contributed by atoms with Gasteiger partial charge in [-0.3, -0.25) is 4.79 Å². The summed E-state index contributed by atoms with van der Waals surface area (Å²) < 4.78 is 6.76. The number of ether oxygens (including phenoxy) is 1. The Morgan fingerprint density at radius 2 is 2.00 bits per heavy atom. The van der Waals surface area contributed by atoms with Gasteiger partial charge in [0.15, 0.2) is 0 Å². The molecule has 0 saturated heterocycles. The van der Waals surface area contributed by atoms with E-state index in [1.54, 1.807) is 32.4 Å². The number of nitrogens with zero attached hydrogens (tertiary/aromatic N) is 1. The molecular weight excluding hydrogens is 356 g/mol. The average Bonchev–Trinajstić information content (AvgIpc) is 2.63. The first kappa shape index (κ1) is 17.8. The van der Waals surface area contributed by atoms with E-state index in [1.807, 2.05) is 24.3 Å². The Hall–Kier alpha value is -2.99. The molecule has 6 nitrogen and oxygen atoms in total. The monoisotopic (exact) mass is 372 g/mol. The van der Waals surface area contributed by atoms with Crippen LogP contribution in [-0.4, -0.2) is 22.9 Å². The summed E-state index contributed by atoms with van der Waals surface area (Å²) >= 11 is 6.17. The highest BCUT2D eigenvalue weighted by atomic mass is 35.5. The molecule has 26 heavy (non-hydrogen) atoms. The number of hydrogen-bond acceptors (Lipinski definition) is 3. The van der Waals surface area contributed by atoms with Gasteiger partial charge in [-0.05, 0) is 41.3 Å². The van der Waals surface area contributed by atoms with Crippen LogP contribution in [0.1, 0.15) is 5.69 Å². The number of methoxy groups -OCH3 is 1. The van der Waals surface area contributed by atoms with Gasteiger partial charge in [-0.2, -0.15) is 0 Å². The van der Waals surface area contributed by atoms with E-state index in [1.165, 1.54) is 4.57 Å². The Labute approximate surface area is 154 Å². The van der Waals surface area contributed by atoms with E-state index >= 15 is 0 Å². The number of carbonyl (C=O) groups is 1. The molecule has 0 aliphatic carbocycles. The zero-order valence-corrected chi connectivity index (χ0v) is 15.0. The normalized spacial score (nSPS) is 10.7. The molecule has 0 bridgehead atoms. The van der Waals surface area contributed by atoms with Crippen molar-refractivity contribution >= 4 is 28.5 Å². The maximum atomic E-state index is 12.7. The van der Waals surface area contributed by atoms with Crippen LogP contribution < -0.4 is 15.6 Å². The van der Waals surface area contributed by atoms with Crippen LogP contribution >= 0.6 is 11.6 Å². The van der Waals surface area contributed by atoms with Gasteiger partial charge in [0.05, 0.1) is 13.7 Å². The number of benzene rings is 2. The number of amides is 1. The summed E-state index contributed by atoms with van der Waals surface area (Å²) in [4.78, 5) is 23.7. The fourth-order valence-corrected chi connectivity index (χ4v) is 3.18. The van der Waals surface area contributed by atoms with Crippen LogP contribution in [-0.2, 0) is 13.6 Å². The zero-order valence-electron chi connectivity index (χ0n) is 14.2. The van der Waals surface area contributed by atoms with Crippen LogP contribution in [0.15, 0.2) is 47.3 Å². The molecule has 0 unspecified atom stereocenters. The molecule has 3 rings (SSSR count). The molecule has 1 amide bonds. The quantitative estimate of drug-likeness (QED) is 0.732. The fourth-order valence-electron chi connectivity index (χ4n) is 3.00.